The van der Waals surface area contributed by atoms with E-state index in [-0.39, 0.29) is 17.7 Å². The van der Waals surface area contributed by atoms with Crippen LogP contribution in [0.1, 0.15) is 41.3 Å². The van der Waals surface area contributed by atoms with Gasteiger partial charge >= 0.3 is 0 Å². The van der Waals surface area contributed by atoms with Crippen molar-refractivity contribution in [3.8, 4) is 5.75 Å². The van der Waals surface area contributed by atoms with E-state index < -0.39 is 0 Å². The predicted octanol–water partition coefficient (Wildman–Crippen LogP) is 8.62. The highest BCUT2D eigenvalue weighted by Crippen LogP contribution is 2.43. The number of fused-ring (bicyclic) bond motifs is 1. The first-order valence-corrected chi connectivity index (χ1v) is 13.7. The van der Waals surface area contributed by atoms with E-state index >= 15 is 0 Å². The smallest absolute Gasteiger partial charge is 0.255 e. The number of hydrogen-bond acceptors (Lipinski definition) is 2. The van der Waals surface area contributed by atoms with E-state index in [4.69, 9.17) is 0 Å². The second-order valence-corrected chi connectivity index (χ2v) is 10.7. The van der Waals surface area contributed by atoms with Gasteiger partial charge in [0.2, 0.25) is 0 Å². The van der Waals surface area contributed by atoms with Crippen molar-refractivity contribution in [2.24, 2.45) is 11.8 Å². The standard InChI is InChI=1S/C34H30BrNO2/c1-23(21-24-15-18-27(19-16-24)36-34(38)25-9-3-2-4-10-25)31-22-26(28-11-6-8-14-33(28)37)17-20-30-29(31)12-5-7-13-32(30)35/h2-6,8-11,13-19,22-23,29,37H,12,20-21H2,1H3,(H,36,38). The van der Waals surface area contributed by atoms with Gasteiger partial charge in [0, 0.05) is 27.2 Å². The number of phenolic OH excluding ortho intramolecular Hbond substituents is 1. The molecule has 0 bridgehead atoms. The number of rotatable bonds is 6. The molecule has 0 radical (unpaired) electrons. The van der Waals surface area contributed by atoms with Gasteiger partial charge < -0.3 is 10.4 Å². The minimum atomic E-state index is -0.112. The number of aromatic hydroxyl groups is 1. The number of phenols is 1. The summed E-state index contributed by atoms with van der Waals surface area (Å²) in [6.45, 7) is 2.28. The molecule has 2 aliphatic carbocycles. The summed E-state index contributed by atoms with van der Waals surface area (Å²) in [6.07, 6.45) is 11.2. The quantitative estimate of drug-likeness (QED) is 0.295. The van der Waals surface area contributed by atoms with Crippen LogP contribution >= 0.6 is 15.9 Å². The molecule has 2 atom stereocenters. The van der Waals surface area contributed by atoms with Crippen LogP contribution in [0.5, 0.6) is 5.75 Å². The van der Waals surface area contributed by atoms with Crippen molar-refractivity contribution >= 4 is 33.1 Å². The van der Waals surface area contributed by atoms with Crippen LogP contribution in [0, 0.1) is 11.8 Å². The Bertz CT molecular complexity index is 1490. The van der Waals surface area contributed by atoms with Gasteiger partial charge in [-0.05, 0) is 84.4 Å². The third kappa shape index (κ3) is 5.83. The van der Waals surface area contributed by atoms with Crippen LogP contribution in [-0.2, 0) is 6.42 Å². The predicted molar refractivity (Wildman–Crippen MR) is 159 cm³/mol. The van der Waals surface area contributed by atoms with Crippen LogP contribution < -0.4 is 5.32 Å². The molecule has 3 aromatic carbocycles. The van der Waals surface area contributed by atoms with Gasteiger partial charge in [-0.2, -0.15) is 0 Å². The van der Waals surface area contributed by atoms with E-state index in [1.54, 1.807) is 6.07 Å². The molecule has 2 unspecified atom stereocenters. The highest BCUT2D eigenvalue weighted by molar-refractivity contribution is 9.11. The molecule has 0 aromatic heterocycles. The molecule has 0 saturated carbocycles. The van der Waals surface area contributed by atoms with Crippen molar-refractivity contribution in [2.45, 2.75) is 26.2 Å². The second kappa shape index (κ2) is 11.7. The number of carbonyl (C=O) groups excluding carboxylic acids is 1. The van der Waals surface area contributed by atoms with Crippen molar-refractivity contribution in [1.29, 1.82) is 0 Å². The lowest BCUT2D eigenvalue weighted by Crippen LogP contribution is -2.15. The van der Waals surface area contributed by atoms with Crippen LogP contribution in [-0.4, -0.2) is 11.0 Å². The van der Waals surface area contributed by atoms with Crippen LogP contribution in [0.3, 0.4) is 0 Å². The SMILES string of the molecule is CC(Cc1ccc(NC(=O)c2ccccc2)cc1)C1=CC(c2ccccc2O)=CCC2=C(Br)C=C=CCC12. The number of nitrogens with one attached hydrogen (secondary N) is 1. The van der Waals surface area contributed by atoms with Crippen molar-refractivity contribution in [2.75, 3.05) is 5.32 Å². The van der Waals surface area contributed by atoms with Gasteiger partial charge in [0.1, 0.15) is 5.75 Å². The zero-order valence-electron chi connectivity index (χ0n) is 21.3. The molecule has 0 aliphatic heterocycles. The zero-order valence-corrected chi connectivity index (χ0v) is 22.9. The van der Waals surface area contributed by atoms with E-state index in [1.807, 2.05) is 66.7 Å². The summed E-state index contributed by atoms with van der Waals surface area (Å²) in [5, 5.41) is 13.6. The van der Waals surface area contributed by atoms with Gasteiger partial charge in [0.25, 0.3) is 5.91 Å². The summed E-state index contributed by atoms with van der Waals surface area (Å²) in [4.78, 5) is 12.5. The van der Waals surface area contributed by atoms with Crippen molar-refractivity contribution in [3.05, 3.63) is 141 Å². The Morgan fingerprint density at radius 1 is 1.05 bits per heavy atom. The van der Waals surface area contributed by atoms with E-state index in [9.17, 15) is 9.90 Å². The first-order chi connectivity index (χ1) is 18.5. The molecular weight excluding hydrogens is 534 g/mol. The van der Waals surface area contributed by atoms with Crippen molar-refractivity contribution in [3.63, 3.8) is 0 Å². The summed E-state index contributed by atoms with van der Waals surface area (Å²) in [6, 6.07) is 24.9. The Morgan fingerprint density at radius 3 is 2.55 bits per heavy atom. The minimum absolute atomic E-state index is 0.112. The van der Waals surface area contributed by atoms with Crippen LogP contribution in [0.4, 0.5) is 5.69 Å². The topological polar surface area (TPSA) is 49.3 Å². The van der Waals surface area contributed by atoms with Gasteiger partial charge in [-0.1, -0.05) is 89.1 Å². The fraction of sp³-hybridized carbons (Fsp3) is 0.176. The van der Waals surface area contributed by atoms with E-state index in [0.29, 0.717) is 11.3 Å². The molecule has 0 fully saturated rings. The van der Waals surface area contributed by atoms with Crippen LogP contribution in [0.2, 0.25) is 0 Å². The Hall–Kier alpha value is -3.85. The number of para-hydroxylation sites is 1. The normalized spacial score (nSPS) is 17.6. The fourth-order valence-electron chi connectivity index (χ4n) is 5.23. The molecule has 0 saturated heterocycles. The lowest BCUT2D eigenvalue weighted by atomic mass is 9.79. The van der Waals surface area contributed by atoms with Gasteiger partial charge in [-0.15, -0.1) is 5.73 Å². The highest BCUT2D eigenvalue weighted by atomic mass is 79.9. The molecule has 3 nitrogen and oxygen atoms in total. The first-order valence-electron chi connectivity index (χ1n) is 12.9. The number of allylic oxidation sites excluding steroid dienone is 7. The number of amides is 1. The lowest BCUT2D eigenvalue weighted by molar-refractivity contribution is 0.102. The third-order valence-electron chi connectivity index (χ3n) is 7.25. The maximum atomic E-state index is 12.5. The molecule has 1 amide bonds. The summed E-state index contributed by atoms with van der Waals surface area (Å²) in [5.74, 6) is 0.706. The van der Waals surface area contributed by atoms with Crippen molar-refractivity contribution < 1.29 is 9.90 Å². The number of hydrogen-bond donors (Lipinski definition) is 2. The van der Waals surface area contributed by atoms with E-state index in [1.165, 1.54) is 16.7 Å². The summed E-state index contributed by atoms with van der Waals surface area (Å²) < 4.78 is 1.09. The van der Waals surface area contributed by atoms with Crippen molar-refractivity contribution in [1.82, 2.24) is 0 Å². The summed E-state index contributed by atoms with van der Waals surface area (Å²) in [7, 11) is 0. The summed E-state index contributed by atoms with van der Waals surface area (Å²) >= 11 is 3.79. The number of halogens is 1. The zero-order chi connectivity index (χ0) is 26.5. The Labute approximate surface area is 232 Å². The van der Waals surface area contributed by atoms with Gasteiger partial charge in [0.05, 0.1) is 0 Å². The van der Waals surface area contributed by atoms with Gasteiger partial charge in [-0.25, -0.2) is 0 Å². The molecule has 38 heavy (non-hydrogen) atoms. The van der Waals surface area contributed by atoms with Gasteiger partial charge in [-0.3, -0.25) is 4.79 Å². The molecule has 0 spiro atoms. The molecule has 3 aromatic rings. The number of benzene rings is 3. The maximum absolute atomic E-state index is 12.5. The summed E-state index contributed by atoms with van der Waals surface area (Å²) in [5.41, 5.74) is 10.5. The molecule has 2 N–H and O–H groups in total. The second-order valence-electron chi connectivity index (χ2n) is 9.82. The number of carbonyl (C=O) groups is 1. The van der Waals surface area contributed by atoms with Crippen LogP contribution in [0.15, 0.2) is 125 Å². The largest absolute Gasteiger partial charge is 0.507 e. The third-order valence-corrected chi connectivity index (χ3v) is 7.99. The monoisotopic (exact) mass is 563 g/mol. The molecule has 2 aliphatic rings. The van der Waals surface area contributed by atoms with Gasteiger partial charge in [0.15, 0.2) is 0 Å². The molecular formula is C34H30BrNO2. The lowest BCUT2D eigenvalue weighted by Gasteiger charge is -2.26. The molecule has 4 heteroatoms. The minimum Gasteiger partial charge on any atom is -0.507 e. The van der Waals surface area contributed by atoms with E-state index in [2.05, 4.69) is 64.3 Å². The molecule has 0 heterocycles. The molecule has 5 rings (SSSR count). The maximum Gasteiger partial charge on any atom is 0.255 e. The molecule has 190 valence electrons. The Morgan fingerprint density at radius 2 is 1.79 bits per heavy atom. The Kier molecular flexibility index (Phi) is 7.93. The highest BCUT2D eigenvalue weighted by Gasteiger charge is 2.27. The number of anilines is 1. The van der Waals surface area contributed by atoms with E-state index in [0.717, 1.165) is 40.6 Å². The average Bonchev–Trinajstić information content (AvgIpc) is 3.24. The average molecular weight is 565 g/mol. The fourth-order valence-corrected chi connectivity index (χ4v) is 5.81. The van der Waals surface area contributed by atoms with Crippen LogP contribution in [0.25, 0.3) is 5.57 Å². The first kappa shape index (κ1) is 25.8. The Balaban J connectivity index is 1.40.